The smallest absolute Gasteiger partial charge is 0.296 e. The quantitative estimate of drug-likeness (QED) is 0.406. The zero-order chi connectivity index (χ0) is 24.5. The first kappa shape index (κ1) is 22.8. The van der Waals surface area contributed by atoms with Gasteiger partial charge in [-0.3, -0.25) is 4.57 Å². The first-order chi connectivity index (χ1) is 17.6. The molecule has 1 saturated heterocycles. The van der Waals surface area contributed by atoms with E-state index < -0.39 is 6.43 Å². The zero-order valence-electron chi connectivity index (χ0n) is 19.8. The average Bonchev–Trinajstić information content (AvgIpc) is 3.29. The fourth-order valence-electron chi connectivity index (χ4n) is 4.99. The Labute approximate surface area is 207 Å². The number of imidazole rings is 1. The van der Waals surface area contributed by atoms with Gasteiger partial charge in [-0.25, -0.2) is 13.8 Å². The normalized spacial score (nSPS) is 17.4. The molecular weight excluding hydrogens is 464 g/mol. The van der Waals surface area contributed by atoms with Crippen LogP contribution in [0.2, 0.25) is 0 Å². The van der Waals surface area contributed by atoms with Gasteiger partial charge in [-0.05, 0) is 43.4 Å². The van der Waals surface area contributed by atoms with Crippen LogP contribution < -0.4 is 10.2 Å². The average molecular weight is 492 g/mol. The van der Waals surface area contributed by atoms with Gasteiger partial charge in [0.05, 0.1) is 24.2 Å². The molecule has 0 atom stereocenters. The van der Waals surface area contributed by atoms with Gasteiger partial charge < -0.3 is 15.0 Å². The van der Waals surface area contributed by atoms with Crippen molar-refractivity contribution in [3.05, 3.63) is 66.0 Å². The van der Waals surface area contributed by atoms with Crippen LogP contribution in [0.25, 0.3) is 17.0 Å². The van der Waals surface area contributed by atoms with Gasteiger partial charge in [0.1, 0.15) is 0 Å². The van der Waals surface area contributed by atoms with Gasteiger partial charge in [0, 0.05) is 18.6 Å². The summed E-state index contributed by atoms with van der Waals surface area (Å²) in [6.45, 7) is 2.34. The zero-order valence-corrected chi connectivity index (χ0v) is 19.8. The fourth-order valence-corrected chi connectivity index (χ4v) is 4.99. The molecular formula is C26H27F2N7O. The Hall–Kier alpha value is -3.66. The maximum Gasteiger partial charge on any atom is 0.296 e. The molecule has 0 amide bonds. The number of rotatable bonds is 7. The minimum absolute atomic E-state index is 0.132. The third-order valence-corrected chi connectivity index (χ3v) is 6.96. The molecule has 10 heteroatoms. The minimum atomic E-state index is -2.78. The number of alkyl halides is 2. The predicted octanol–water partition coefficient (Wildman–Crippen LogP) is 4.56. The Morgan fingerprint density at radius 3 is 2.33 bits per heavy atom. The van der Waals surface area contributed by atoms with Gasteiger partial charge in [0.25, 0.3) is 6.43 Å². The van der Waals surface area contributed by atoms with E-state index in [0.717, 1.165) is 25.7 Å². The number of hydrogen-bond acceptors (Lipinski definition) is 7. The van der Waals surface area contributed by atoms with Crippen LogP contribution in [-0.2, 0) is 11.2 Å². The van der Waals surface area contributed by atoms with Gasteiger partial charge in [0.2, 0.25) is 17.8 Å². The highest BCUT2D eigenvalue weighted by atomic mass is 19.3. The summed E-state index contributed by atoms with van der Waals surface area (Å²) in [5.41, 5.74) is 2.04. The predicted molar refractivity (Wildman–Crippen MR) is 133 cm³/mol. The van der Waals surface area contributed by atoms with Crippen molar-refractivity contribution in [3.63, 3.8) is 0 Å². The van der Waals surface area contributed by atoms with Crippen LogP contribution in [0.4, 0.5) is 20.7 Å². The van der Waals surface area contributed by atoms with E-state index in [4.69, 9.17) is 9.72 Å². The van der Waals surface area contributed by atoms with Crippen LogP contribution in [-0.4, -0.2) is 56.3 Å². The topological polar surface area (TPSA) is 81.0 Å². The molecule has 6 rings (SSSR count). The monoisotopic (exact) mass is 491 g/mol. The summed E-state index contributed by atoms with van der Waals surface area (Å²) in [6.07, 6.45) is 1.11. The molecule has 4 aromatic rings. The number of ether oxygens (including phenoxy) is 1. The lowest BCUT2D eigenvalue weighted by Gasteiger charge is -2.43. The largest absolute Gasteiger partial charge is 0.378 e. The van der Waals surface area contributed by atoms with E-state index in [9.17, 15) is 8.78 Å². The molecule has 3 heterocycles. The first-order valence-electron chi connectivity index (χ1n) is 12.3. The standard InChI is InChI=1S/C26H27F2N7O/c27-21(28)22-29-19-9-4-5-10-20(19)35(22)25-31-23(30-24(32-25)34-13-15-36-16-14-34)33-26(11-6-12-26)17-18-7-2-1-3-8-18/h1-5,7-10,21H,6,11-17H2,(H,30,31,32,33). The fraction of sp³-hybridized carbons (Fsp3) is 0.385. The van der Waals surface area contributed by atoms with Crippen molar-refractivity contribution < 1.29 is 13.5 Å². The molecule has 2 fully saturated rings. The summed E-state index contributed by atoms with van der Waals surface area (Å²) in [4.78, 5) is 20.2. The Morgan fingerprint density at radius 1 is 0.889 bits per heavy atom. The van der Waals surface area contributed by atoms with Gasteiger partial charge >= 0.3 is 0 Å². The molecule has 0 radical (unpaired) electrons. The van der Waals surface area contributed by atoms with Crippen LogP contribution in [0.15, 0.2) is 54.6 Å². The number of hydrogen-bond donors (Lipinski definition) is 1. The van der Waals surface area contributed by atoms with Gasteiger partial charge in [-0.2, -0.15) is 15.0 Å². The number of anilines is 2. The Bertz CT molecular complexity index is 1350. The highest BCUT2D eigenvalue weighted by molar-refractivity contribution is 5.77. The van der Waals surface area contributed by atoms with Crippen LogP contribution in [0.1, 0.15) is 37.1 Å². The lowest BCUT2D eigenvalue weighted by atomic mass is 9.73. The molecule has 186 valence electrons. The van der Waals surface area contributed by atoms with Crippen molar-refractivity contribution >= 4 is 22.9 Å². The second kappa shape index (κ2) is 9.42. The third kappa shape index (κ3) is 4.37. The molecule has 0 unspecified atom stereocenters. The summed E-state index contributed by atoms with van der Waals surface area (Å²) in [6, 6.07) is 17.4. The molecule has 36 heavy (non-hydrogen) atoms. The minimum Gasteiger partial charge on any atom is -0.378 e. The first-order valence-corrected chi connectivity index (χ1v) is 12.3. The van der Waals surface area contributed by atoms with Crippen LogP contribution >= 0.6 is 0 Å². The number of nitrogens with one attached hydrogen (secondary N) is 1. The van der Waals surface area contributed by atoms with Gasteiger partial charge in [-0.15, -0.1) is 0 Å². The van der Waals surface area contributed by atoms with E-state index in [1.807, 2.05) is 23.1 Å². The summed E-state index contributed by atoms with van der Waals surface area (Å²) >= 11 is 0. The Kier molecular flexibility index (Phi) is 5.96. The SMILES string of the molecule is FC(F)c1nc2ccccc2n1-c1nc(NC2(Cc3ccccc3)CCC2)nc(N2CCOCC2)n1. The molecule has 2 aromatic carbocycles. The summed E-state index contributed by atoms with van der Waals surface area (Å²) in [7, 11) is 0. The van der Waals surface area contributed by atoms with E-state index in [0.29, 0.717) is 49.2 Å². The van der Waals surface area contributed by atoms with Gasteiger partial charge in [0.15, 0.2) is 5.82 Å². The number of nitrogens with zero attached hydrogens (tertiary/aromatic N) is 6. The van der Waals surface area contributed by atoms with Crippen molar-refractivity contribution in [2.75, 3.05) is 36.5 Å². The number of fused-ring (bicyclic) bond motifs is 1. The Balaban J connectivity index is 1.44. The van der Waals surface area contributed by atoms with E-state index in [2.05, 4.69) is 32.4 Å². The molecule has 8 nitrogen and oxygen atoms in total. The van der Waals surface area contributed by atoms with Crippen molar-refractivity contribution in [1.82, 2.24) is 24.5 Å². The highest BCUT2D eigenvalue weighted by Gasteiger charge is 2.38. The van der Waals surface area contributed by atoms with E-state index in [1.165, 1.54) is 10.1 Å². The molecule has 1 N–H and O–H groups in total. The number of halogens is 2. The number of para-hydroxylation sites is 2. The van der Waals surface area contributed by atoms with E-state index in [-0.39, 0.29) is 17.3 Å². The third-order valence-electron chi connectivity index (χ3n) is 6.96. The second-order valence-electron chi connectivity index (χ2n) is 9.37. The second-order valence-corrected chi connectivity index (χ2v) is 9.37. The molecule has 0 bridgehead atoms. The van der Waals surface area contributed by atoms with Crippen molar-refractivity contribution in [2.45, 2.75) is 37.6 Å². The summed E-state index contributed by atoms with van der Waals surface area (Å²) < 4.78 is 35.0. The maximum atomic E-state index is 14.1. The van der Waals surface area contributed by atoms with Crippen LogP contribution in [0.3, 0.4) is 0 Å². The van der Waals surface area contributed by atoms with Crippen LogP contribution in [0.5, 0.6) is 0 Å². The van der Waals surface area contributed by atoms with E-state index >= 15 is 0 Å². The van der Waals surface area contributed by atoms with E-state index in [1.54, 1.807) is 24.3 Å². The molecule has 0 spiro atoms. The molecule has 1 saturated carbocycles. The van der Waals surface area contributed by atoms with Crippen molar-refractivity contribution in [3.8, 4) is 5.95 Å². The highest BCUT2D eigenvalue weighted by Crippen LogP contribution is 2.38. The number of aromatic nitrogens is 5. The lowest BCUT2D eigenvalue weighted by molar-refractivity contribution is 0.122. The maximum absolute atomic E-state index is 14.1. The van der Waals surface area contributed by atoms with Crippen molar-refractivity contribution in [1.29, 1.82) is 0 Å². The summed E-state index contributed by atoms with van der Waals surface area (Å²) in [5, 5.41) is 3.58. The van der Waals surface area contributed by atoms with Crippen molar-refractivity contribution in [2.24, 2.45) is 0 Å². The van der Waals surface area contributed by atoms with Gasteiger partial charge in [-0.1, -0.05) is 42.5 Å². The number of morpholine rings is 1. The molecule has 2 aromatic heterocycles. The Morgan fingerprint density at radius 2 is 1.61 bits per heavy atom. The molecule has 1 aliphatic heterocycles. The summed E-state index contributed by atoms with van der Waals surface area (Å²) in [5.74, 6) is 0.573. The van der Waals surface area contributed by atoms with Crippen LogP contribution in [0, 0.1) is 0 Å². The number of benzene rings is 2. The molecule has 2 aliphatic rings. The lowest BCUT2D eigenvalue weighted by Crippen LogP contribution is -2.47. The molecule has 1 aliphatic carbocycles.